The summed E-state index contributed by atoms with van der Waals surface area (Å²) in [7, 11) is -2.45. The van der Waals surface area contributed by atoms with E-state index < -0.39 is 10.7 Å². The van der Waals surface area contributed by atoms with Crippen molar-refractivity contribution in [1.82, 2.24) is 4.31 Å². The maximum atomic E-state index is 10.7. The van der Waals surface area contributed by atoms with Gasteiger partial charge in [-0.2, -0.15) is 0 Å². The van der Waals surface area contributed by atoms with Crippen LogP contribution in [0.5, 0.6) is 0 Å². The van der Waals surface area contributed by atoms with Crippen LogP contribution in [0.15, 0.2) is 34.1 Å². The Bertz CT molecular complexity index is 400. The molecule has 1 aliphatic heterocycles. The average molecular weight is 257 g/mol. The number of hydrogen-bond donors (Lipinski definition) is 1. The van der Waals surface area contributed by atoms with Gasteiger partial charge in [-0.25, -0.2) is 12.7 Å². The maximum absolute atomic E-state index is 10.7. The number of benzene rings is 1. The first kappa shape index (κ1) is 12.0. The van der Waals surface area contributed by atoms with E-state index in [1.165, 1.54) is 19.3 Å². The first-order valence-corrected chi connectivity index (χ1v) is 7.38. The van der Waals surface area contributed by atoms with Crippen molar-refractivity contribution in [3.8, 4) is 0 Å². The molecule has 2 rings (SSSR count). The quantitative estimate of drug-likeness (QED) is 0.665. The van der Waals surface area contributed by atoms with E-state index in [4.69, 9.17) is 0 Å². The highest BCUT2D eigenvalue weighted by Gasteiger charge is 2.11. The van der Waals surface area contributed by atoms with E-state index >= 15 is 0 Å². The second-order valence-corrected chi connectivity index (χ2v) is 6.03. The van der Waals surface area contributed by atoms with Crippen molar-refractivity contribution in [2.75, 3.05) is 13.1 Å². The smallest absolute Gasteiger partial charge is 0.168 e. The Kier molecular flexibility index (Phi) is 4.26. The highest BCUT2D eigenvalue weighted by Crippen LogP contribution is 2.26. The summed E-state index contributed by atoms with van der Waals surface area (Å²) in [6.45, 7) is 2.25. The highest BCUT2D eigenvalue weighted by atomic mass is 32.2. The lowest BCUT2D eigenvalue weighted by molar-refractivity contribution is 0.380. The normalized spacial score (nSPS) is 17.8. The van der Waals surface area contributed by atoms with Gasteiger partial charge in [-0.15, -0.1) is 0 Å². The predicted molar refractivity (Wildman–Crippen MR) is 66.3 cm³/mol. The number of thiol groups is 1. The minimum Gasteiger partial charge on any atom is -0.246 e. The summed E-state index contributed by atoms with van der Waals surface area (Å²) < 4.78 is 23.8. The molecule has 16 heavy (non-hydrogen) atoms. The van der Waals surface area contributed by atoms with Gasteiger partial charge in [-0.05, 0) is 49.1 Å². The van der Waals surface area contributed by atoms with E-state index in [1.54, 1.807) is 24.1 Å². The molecule has 0 spiro atoms. The summed E-state index contributed by atoms with van der Waals surface area (Å²) in [6.07, 6.45) is 3.85. The third-order valence-electron chi connectivity index (χ3n) is 2.60. The van der Waals surface area contributed by atoms with Crippen molar-refractivity contribution in [2.24, 2.45) is 0 Å². The molecule has 0 unspecified atom stereocenters. The van der Waals surface area contributed by atoms with E-state index in [9.17, 15) is 8.42 Å². The monoisotopic (exact) mass is 257 g/mol. The van der Waals surface area contributed by atoms with Crippen LogP contribution in [0.25, 0.3) is 0 Å². The Morgan fingerprint density at radius 2 is 1.62 bits per heavy atom. The van der Waals surface area contributed by atoms with Gasteiger partial charge in [0.2, 0.25) is 0 Å². The molecule has 1 saturated heterocycles. The molecule has 0 radical (unpaired) electrons. The fourth-order valence-corrected chi connectivity index (χ4v) is 3.12. The van der Waals surface area contributed by atoms with Gasteiger partial charge in [-0.1, -0.05) is 6.42 Å². The molecule has 1 aliphatic rings. The third kappa shape index (κ3) is 3.23. The summed E-state index contributed by atoms with van der Waals surface area (Å²) in [5, 5.41) is 0. The van der Waals surface area contributed by atoms with Gasteiger partial charge in [0.05, 0.1) is 4.90 Å². The topological polar surface area (TPSA) is 37.4 Å². The first-order chi connectivity index (χ1) is 7.75. The van der Waals surface area contributed by atoms with Crippen LogP contribution < -0.4 is 0 Å². The molecule has 3 nitrogen and oxygen atoms in total. The fraction of sp³-hybridized carbons (Fsp3) is 0.455. The van der Waals surface area contributed by atoms with Crippen LogP contribution in [0.2, 0.25) is 0 Å². The molecule has 0 saturated carbocycles. The van der Waals surface area contributed by atoms with E-state index in [0.29, 0.717) is 4.90 Å². The zero-order valence-electron chi connectivity index (χ0n) is 8.96. The Hall–Kier alpha value is -0.520. The zero-order chi connectivity index (χ0) is 11.4. The number of nitrogens with zero attached hydrogens (tertiary/aromatic N) is 1. The van der Waals surface area contributed by atoms with Gasteiger partial charge >= 0.3 is 0 Å². The summed E-state index contributed by atoms with van der Waals surface area (Å²) in [4.78, 5) is 1.50. The highest BCUT2D eigenvalue weighted by molar-refractivity contribution is 7.97. The van der Waals surface area contributed by atoms with Crippen LogP contribution in [-0.4, -0.2) is 25.8 Å². The molecule has 88 valence electrons. The van der Waals surface area contributed by atoms with Crippen LogP contribution in [0.3, 0.4) is 0 Å². The van der Waals surface area contributed by atoms with Crippen molar-refractivity contribution < 1.29 is 8.42 Å². The van der Waals surface area contributed by atoms with Crippen molar-refractivity contribution in [2.45, 2.75) is 29.1 Å². The molecular weight excluding hydrogens is 242 g/mol. The van der Waals surface area contributed by atoms with E-state index in [2.05, 4.69) is 4.31 Å². The molecule has 1 aromatic rings. The summed E-state index contributed by atoms with van der Waals surface area (Å²) in [5.74, 6) is 0. The second-order valence-electron chi connectivity index (χ2n) is 3.83. The van der Waals surface area contributed by atoms with Crippen molar-refractivity contribution in [1.29, 1.82) is 0 Å². The lowest BCUT2D eigenvalue weighted by atomic mass is 10.2. The third-order valence-corrected chi connectivity index (χ3v) is 4.42. The minimum absolute atomic E-state index is 0.387. The van der Waals surface area contributed by atoms with Crippen LogP contribution in [0, 0.1) is 0 Å². The lowest BCUT2D eigenvalue weighted by Crippen LogP contribution is -2.22. The van der Waals surface area contributed by atoms with E-state index in [1.807, 2.05) is 12.1 Å². The van der Waals surface area contributed by atoms with Gasteiger partial charge in [0, 0.05) is 18.0 Å². The number of hydrogen-bond acceptors (Lipinski definition) is 4. The minimum atomic E-state index is -2.45. The molecule has 0 amide bonds. The Morgan fingerprint density at radius 1 is 1.00 bits per heavy atom. The van der Waals surface area contributed by atoms with Crippen LogP contribution in [0.1, 0.15) is 19.3 Å². The molecule has 0 N–H and O–H groups in total. The molecular formula is C11H15NO2S2. The van der Waals surface area contributed by atoms with Crippen LogP contribution in [0.4, 0.5) is 0 Å². The average Bonchev–Trinajstić information content (AvgIpc) is 2.31. The van der Waals surface area contributed by atoms with Gasteiger partial charge in [0.25, 0.3) is 0 Å². The standard InChI is InChI=1S/C11H15NO2S2/c13-16(14)11-6-4-10(5-7-11)15-12-8-2-1-3-9-12/h4-7,16H,1-3,8-9H2. The summed E-state index contributed by atoms with van der Waals surface area (Å²) >= 11 is 1.72. The molecule has 1 fully saturated rings. The largest absolute Gasteiger partial charge is 0.246 e. The molecule has 1 heterocycles. The number of piperidine rings is 1. The van der Waals surface area contributed by atoms with Gasteiger partial charge in [0.1, 0.15) is 0 Å². The molecule has 5 heteroatoms. The van der Waals surface area contributed by atoms with Gasteiger partial charge < -0.3 is 0 Å². The van der Waals surface area contributed by atoms with Crippen molar-refractivity contribution in [3.63, 3.8) is 0 Å². The fourth-order valence-electron chi connectivity index (χ4n) is 1.73. The lowest BCUT2D eigenvalue weighted by Gasteiger charge is -2.24. The summed E-state index contributed by atoms with van der Waals surface area (Å²) in [6, 6.07) is 7.08. The Balaban J connectivity index is 1.98. The first-order valence-electron chi connectivity index (χ1n) is 5.43. The molecule has 0 atom stereocenters. The van der Waals surface area contributed by atoms with Crippen LogP contribution >= 0.6 is 11.9 Å². The number of rotatable bonds is 3. The maximum Gasteiger partial charge on any atom is 0.168 e. The molecule has 0 bridgehead atoms. The summed E-state index contributed by atoms with van der Waals surface area (Å²) in [5.41, 5.74) is 0. The zero-order valence-corrected chi connectivity index (χ0v) is 10.7. The SMILES string of the molecule is O=[SH](=O)c1ccc(SN2CCCCC2)cc1. The van der Waals surface area contributed by atoms with E-state index in [0.717, 1.165) is 18.0 Å². The molecule has 0 aliphatic carbocycles. The molecule has 0 aromatic heterocycles. The Morgan fingerprint density at radius 3 is 2.19 bits per heavy atom. The van der Waals surface area contributed by atoms with Gasteiger partial charge in [0.15, 0.2) is 10.7 Å². The van der Waals surface area contributed by atoms with Crippen molar-refractivity contribution >= 4 is 22.7 Å². The van der Waals surface area contributed by atoms with Crippen molar-refractivity contribution in [3.05, 3.63) is 24.3 Å². The predicted octanol–water partition coefficient (Wildman–Crippen LogP) is 2.15. The second kappa shape index (κ2) is 5.70. The van der Waals surface area contributed by atoms with E-state index in [-0.39, 0.29) is 0 Å². The van der Waals surface area contributed by atoms with Gasteiger partial charge in [-0.3, -0.25) is 0 Å². The molecule has 1 aromatic carbocycles. The Labute approximate surface area is 102 Å². The van der Waals surface area contributed by atoms with Crippen LogP contribution in [-0.2, 0) is 10.7 Å².